The second-order valence-electron chi connectivity index (χ2n) is 8.37. The Morgan fingerprint density at radius 2 is 2.06 bits per heavy atom. The fourth-order valence-electron chi connectivity index (χ4n) is 4.53. The molecular weight excluding hydrogens is 392 g/mol. The van der Waals surface area contributed by atoms with E-state index in [4.69, 9.17) is 14.2 Å². The van der Waals surface area contributed by atoms with Gasteiger partial charge in [-0.2, -0.15) is 5.26 Å². The van der Waals surface area contributed by atoms with Crippen molar-refractivity contribution in [3.8, 4) is 34.7 Å². The van der Waals surface area contributed by atoms with Crippen LogP contribution in [-0.4, -0.2) is 35.8 Å². The van der Waals surface area contributed by atoms with E-state index >= 15 is 0 Å². The number of imidazole rings is 1. The number of methoxy groups -OCH3 is 2. The summed E-state index contributed by atoms with van der Waals surface area (Å²) in [5, 5.41) is 9.78. The van der Waals surface area contributed by atoms with Crippen LogP contribution in [0, 0.1) is 17.2 Å². The van der Waals surface area contributed by atoms with E-state index < -0.39 is 0 Å². The highest BCUT2D eigenvalue weighted by Gasteiger charge is 2.39. The molecule has 0 saturated heterocycles. The number of pyridine rings is 1. The topological polar surface area (TPSA) is 96.4 Å². The predicted octanol–water partition coefficient (Wildman–Crippen LogP) is 3.46. The summed E-state index contributed by atoms with van der Waals surface area (Å²) in [5.74, 6) is 2.34. The zero-order chi connectivity index (χ0) is 22.0. The molecule has 2 aromatic heterocycles. The molecule has 162 valence electrons. The summed E-state index contributed by atoms with van der Waals surface area (Å²) in [6.45, 7) is 2.70. The van der Waals surface area contributed by atoms with Gasteiger partial charge in [0.1, 0.15) is 40.9 Å². The number of hydrogen-bond acceptors (Lipinski definition) is 5. The second-order valence-corrected chi connectivity index (χ2v) is 8.37. The molecule has 2 heterocycles. The van der Waals surface area contributed by atoms with Gasteiger partial charge < -0.3 is 19.9 Å². The Morgan fingerprint density at radius 1 is 1.26 bits per heavy atom. The van der Waals surface area contributed by atoms with Gasteiger partial charge in [0.15, 0.2) is 5.88 Å². The van der Waals surface area contributed by atoms with Crippen molar-refractivity contribution in [1.82, 2.24) is 9.38 Å². The highest BCUT2D eigenvalue weighted by Crippen LogP contribution is 2.38. The van der Waals surface area contributed by atoms with E-state index in [-0.39, 0.29) is 5.54 Å². The van der Waals surface area contributed by atoms with E-state index in [0.29, 0.717) is 35.5 Å². The molecule has 1 fully saturated rings. The van der Waals surface area contributed by atoms with E-state index in [2.05, 4.69) is 23.7 Å². The van der Waals surface area contributed by atoms with Crippen LogP contribution in [0.15, 0.2) is 36.5 Å². The highest BCUT2D eigenvalue weighted by atomic mass is 16.5. The number of nitrogens with zero attached hydrogens (tertiary/aromatic N) is 3. The number of benzene rings is 1. The average Bonchev–Trinajstić information content (AvgIpc) is 3.40. The van der Waals surface area contributed by atoms with E-state index in [1.807, 2.05) is 34.7 Å². The third-order valence-electron chi connectivity index (χ3n) is 6.31. The Hall–Kier alpha value is -3.24. The van der Waals surface area contributed by atoms with Crippen LogP contribution in [0.1, 0.15) is 38.2 Å². The largest absolute Gasteiger partial charge is 0.495 e. The Labute approximate surface area is 182 Å². The lowest BCUT2D eigenvalue weighted by atomic mass is 9.97. The van der Waals surface area contributed by atoms with Crippen LogP contribution in [0.3, 0.4) is 0 Å². The van der Waals surface area contributed by atoms with Crippen LogP contribution < -0.4 is 19.9 Å². The summed E-state index contributed by atoms with van der Waals surface area (Å²) in [7, 11) is 3.19. The molecule has 7 nitrogen and oxygen atoms in total. The van der Waals surface area contributed by atoms with Crippen molar-refractivity contribution < 1.29 is 19.9 Å². The van der Waals surface area contributed by atoms with Crippen molar-refractivity contribution in [3.05, 3.63) is 42.1 Å². The number of rotatable bonds is 7. The number of hydrogen-bond donors (Lipinski definition) is 1. The number of ether oxygens (including phenoxy) is 3. The van der Waals surface area contributed by atoms with Gasteiger partial charge in [-0.1, -0.05) is 19.4 Å². The maximum absolute atomic E-state index is 9.78. The fraction of sp³-hybridized carbons (Fsp3) is 0.417. The fourth-order valence-corrected chi connectivity index (χ4v) is 4.53. The summed E-state index contributed by atoms with van der Waals surface area (Å²) >= 11 is 0. The molecule has 0 bridgehead atoms. The smallest absolute Gasteiger partial charge is 0.199 e. The van der Waals surface area contributed by atoms with Crippen LogP contribution in [0.25, 0.3) is 16.9 Å². The van der Waals surface area contributed by atoms with Crippen molar-refractivity contribution in [3.63, 3.8) is 0 Å². The Balaban J connectivity index is 1.74. The molecule has 4 rings (SSSR count). The van der Waals surface area contributed by atoms with Crippen LogP contribution in [-0.2, 0) is 0 Å². The maximum Gasteiger partial charge on any atom is 0.199 e. The van der Waals surface area contributed by atoms with E-state index in [9.17, 15) is 5.26 Å². The summed E-state index contributed by atoms with van der Waals surface area (Å²) < 4.78 is 19.2. The molecule has 0 aliphatic heterocycles. The molecule has 1 aromatic carbocycles. The van der Waals surface area contributed by atoms with Crippen LogP contribution >= 0.6 is 0 Å². The predicted molar refractivity (Wildman–Crippen MR) is 117 cm³/mol. The van der Waals surface area contributed by atoms with Crippen molar-refractivity contribution in [1.29, 1.82) is 5.26 Å². The summed E-state index contributed by atoms with van der Waals surface area (Å²) in [6, 6.07) is 11.7. The quantitative estimate of drug-likeness (QED) is 0.630. The lowest BCUT2D eigenvalue weighted by molar-refractivity contribution is -0.480. The van der Waals surface area contributed by atoms with Crippen LogP contribution in [0.2, 0.25) is 0 Å². The second kappa shape index (κ2) is 8.48. The highest BCUT2D eigenvalue weighted by molar-refractivity contribution is 5.71. The van der Waals surface area contributed by atoms with E-state index in [1.54, 1.807) is 20.4 Å². The Morgan fingerprint density at radius 3 is 2.74 bits per heavy atom. The molecule has 0 radical (unpaired) electrons. The minimum atomic E-state index is -0.122. The molecular formula is C24H29N4O3+. The first-order valence-corrected chi connectivity index (χ1v) is 10.6. The number of aromatic nitrogens is 2. The molecule has 2 atom stereocenters. The van der Waals surface area contributed by atoms with Crippen molar-refractivity contribution in [2.45, 2.75) is 38.1 Å². The van der Waals surface area contributed by atoms with E-state index in [1.165, 1.54) is 12.8 Å². The zero-order valence-corrected chi connectivity index (χ0v) is 18.4. The average molecular weight is 422 g/mol. The molecule has 0 spiro atoms. The summed E-state index contributed by atoms with van der Waals surface area (Å²) in [4.78, 5) is 4.50. The molecule has 0 amide bonds. The molecule has 1 aliphatic rings. The monoisotopic (exact) mass is 421 g/mol. The number of fused-ring (bicyclic) bond motifs is 1. The lowest BCUT2D eigenvalue weighted by Crippen LogP contribution is -2.74. The minimum absolute atomic E-state index is 0.122. The molecule has 1 saturated carbocycles. The molecule has 7 heteroatoms. The van der Waals surface area contributed by atoms with Gasteiger partial charge in [0.2, 0.25) is 0 Å². The number of nitriles is 1. The first kappa shape index (κ1) is 21.0. The third-order valence-corrected chi connectivity index (χ3v) is 6.31. The minimum Gasteiger partial charge on any atom is -0.495 e. The van der Waals surface area contributed by atoms with Gasteiger partial charge in [0.25, 0.3) is 0 Å². The summed E-state index contributed by atoms with van der Waals surface area (Å²) in [5.41, 5.74) is 7.15. The van der Waals surface area contributed by atoms with Gasteiger partial charge in [-0.3, -0.25) is 4.40 Å². The van der Waals surface area contributed by atoms with E-state index in [0.717, 1.165) is 29.7 Å². The Bertz CT molecular complexity index is 1130. The number of quaternary nitrogens is 1. The van der Waals surface area contributed by atoms with Gasteiger partial charge >= 0.3 is 0 Å². The van der Waals surface area contributed by atoms with Gasteiger partial charge in [0.05, 0.1) is 26.1 Å². The standard InChI is InChI=1S/C24H28N4O3/c1-4-16-8-9-24(26,12-16)15-31-21-11-17(10-20(29-2)18(21)13-25)19-14-27-22-6-5-7-23(30-3)28(19)22/h5-7,10-11,14,16H,4,8-9,12,15,26H2,1-3H3/p+1/t16-,24-/m0/s1. The maximum atomic E-state index is 9.78. The van der Waals surface area contributed by atoms with Crippen LogP contribution in [0.5, 0.6) is 17.4 Å². The van der Waals surface area contributed by atoms with Crippen LogP contribution in [0.4, 0.5) is 0 Å². The first-order valence-electron chi connectivity index (χ1n) is 10.6. The van der Waals surface area contributed by atoms with Crippen molar-refractivity contribution in [2.24, 2.45) is 5.92 Å². The molecule has 31 heavy (non-hydrogen) atoms. The molecule has 0 unspecified atom stereocenters. The summed E-state index contributed by atoms with van der Waals surface area (Å²) in [6.07, 6.45) is 6.22. The normalized spacial score (nSPS) is 20.5. The first-order chi connectivity index (χ1) is 15.0. The Kier molecular flexibility index (Phi) is 5.75. The third kappa shape index (κ3) is 3.91. The SMILES string of the molecule is CC[C@H]1CC[C@@]([NH3+])(COc2cc(-c3cnc4cccc(OC)n34)cc(OC)c2C#N)C1. The lowest BCUT2D eigenvalue weighted by Gasteiger charge is -2.22. The van der Waals surface area contributed by atoms with Gasteiger partial charge in [-0.25, -0.2) is 4.98 Å². The van der Waals surface area contributed by atoms with Crippen molar-refractivity contribution in [2.75, 3.05) is 20.8 Å². The molecule has 3 N–H and O–H groups in total. The van der Waals surface area contributed by atoms with Crippen molar-refractivity contribution >= 4 is 5.65 Å². The van der Waals surface area contributed by atoms with Gasteiger partial charge in [0, 0.05) is 18.4 Å². The van der Waals surface area contributed by atoms with Gasteiger partial charge in [-0.05, 0) is 36.6 Å². The zero-order valence-electron chi connectivity index (χ0n) is 18.4. The molecule has 1 aliphatic carbocycles. The molecule has 3 aromatic rings. The van der Waals surface area contributed by atoms with Gasteiger partial charge in [-0.15, -0.1) is 0 Å².